The number of carbonyl (C=O) groups is 2. The molecule has 334 valence electrons. The van der Waals surface area contributed by atoms with Crippen LogP contribution in [0, 0.1) is 20.8 Å². The van der Waals surface area contributed by atoms with E-state index in [0.717, 1.165) is 6.07 Å². The quantitative estimate of drug-likeness (QED) is 0.0294. The average molecular weight is 944 g/mol. The Morgan fingerprint density at radius 2 is 1.30 bits per heavy atom. The molecular formula is C38H41N7O14S3Si. The Kier molecular flexibility index (Phi) is 12.9. The van der Waals surface area contributed by atoms with Crippen LogP contribution in [0.1, 0.15) is 66.3 Å². The Labute approximate surface area is 362 Å². The number of benzene rings is 4. The maximum Gasteiger partial charge on any atom is 0.497 e. The van der Waals surface area contributed by atoms with Crippen molar-refractivity contribution in [3.8, 4) is 0 Å². The molecule has 1 aliphatic carbocycles. The molecule has 0 radical (unpaired) electrons. The first-order valence-electron chi connectivity index (χ1n) is 18.5. The van der Waals surface area contributed by atoms with Gasteiger partial charge in [-0.25, -0.2) is 0 Å². The molecule has 1 aromatic heterocycles. The van der Waals surface area contributed by atoms with E-state index in [1.807, 2.05) is 0 Å². The molecule has 0 saturated heterocycles. The predicted molar refractivity (Wildman–Crippen MR) is 230 cm³/mol. The van der Waals surface area contributed by atoms with Crippen LogP contribution in [0.3, 0.4) is 0 Å². The van der Waals surface area contributed by atoms with Crippen LogP contribution in [0.5, 0.6) is 0 Å². The molecule has 0 atom stereocenters. The summed E-state index contributed by atoms with van der Waals surface area (Å²) < 4.78 is 116. The van der Waals surface area contributed by atoms with Crippen LogP contribution in [-0.2, 0) is 45.6 Å². The summed E-state index contributed by atoms with van der Waals surface area (Å²) in [6, 6.07) is 12.1. The summed E-state index contributed by atoms with van der Waals surface area (Å²) in [5.41, 5.74) is 4.36. The maximum absolute atomic E-state index is 14.1. The van der Waals surface area contributed by atoms with E-state index >= 15 is 0 Å². The largest absolute Gasteiger partial charge is 0.497 e. The van der Waals surface area contributed by atoms with E-state index in [4.69, 9.17) is 14.6 Å². The molecule has 25 heteroatoms. The second-order valence-corrected chi connectivity index (χ2v) is 21.2. The monoisotopic (exact) mass is 943 g/mol. The van der Waals surface area contributed by atoms with Crippen LogP contribution in [0.25, 0.3) is 0 Å². The van der Waals surface area contributed by atoms with Crippen molar-refractivity contribution in [3.05, 3.63) is 105 Å². The summed E-state index contributed by atoms with van der Waals surface area (Å²) in [4.78, 5) is 49.8. The third-order valence-electron chi connectivity index (χ3n) is 10.2. The van der Waals surface area contributed by atoms with Crippen LogP contribution in [0.4, 0.5) is 34.6 Å². The lowest BCUT2D eigenvalue weighted by molar-refractivity contribution is 0.0980. The summed E-state index contributed by atoms with van der Waals surface area (Å²) in [6.45, 7) is 4.38. The van der Waals surface area contributed by atoms with E-state index in [2.05, 4.69) is 30.9 Å². The van der Waals surface area contributed by atoms with E-state index in [-0.39, 0.29) is 92.1 Å². The maximum atomic E-state index is 14.1. The third-order valence-corrected chi connectivity index (χ3v) is 15.4. The lowest BCUT2D eigenvalue weighted by atomic mass is 9.82. The van der Waals surface area contributed by atoms with Gasteiger partial charge in [0, 0.05) is 50.0 Å². The fourth-order valence-corrected chi connectivity index (χ4v) is 10.6. The Hall–Kier alpha value is -5.74. The van der Waals surface area contributed by atoms with Crippen molar-refractivity contribution in [2.24, 2.45) is 0 Å². The van der Waals surface area contributed by atoms with Gasteiger partial charge >= 0.3 is 8.80 Å². The molecule has 1 aliphatic rings. The zero-order valence-electron chi connectivity index (χ0n) is 34.0. The highest BCUT2D eigenvalue weighted by Crippen LogP contribution is 2.44. The van der Waals surface area contributed by atoms with Crippen molar-refractivity contribution in [3.63, 3.8) is 0 Å². The number of nitrogens with one attached hydrogen (secondary N) is 3. The number of hydrogen-bond acceptors (Lipinski definition) is 18. The highest BCUT2D eigenvalue weighted by atomic mass is 32.2. The van der Waals surface area contributed by atoms with Gasteiger partial charge in [-0.2, -0.15) is 40.2 Å². The van der Waals surface area contributed by atoms with Crippen LogP contribution in [-0.4, -0.2) is 99.8 Å². The van der Waals surface area contributed by atoms with Gasteiger partial charge in [-0.1, -0.05) is 36.4 Å². The molecule has 0 spiro atoms. The Bertz CT molecular complexity index is 3060. The first kappa shape index (κ1) is 46.8. The fourth-order valence-electron chi connectivity index (χ4n) is 7.24. The topological polar surface area (TPSA) is 337 Å². The predicted octanol–water partition coefficient (Wildman–Crippen LogP) is 4.00. The number of ketones is 2. The third kappa shape index (κ3) is 9.61. The van der Waals surface area contributed by atoms with E-state index in [9.17, 15) is 53.3 Å². The van der Waals surface area contributed by atoms with Crippen molar-refractivity contribution < 1.29 is 62.1 Å². The molecule has 0 aliphatic heterocycles. The van der Waals surface area contributed by atoms with Crippen molar-refractivity contribution in [2.45, 2.75) is 54.3 Å². The zero-order valence-corrected chi connectivity index (χ0v) is 37.5. The second-order valence-electron chi connectivity index (χ2n) is 14.3. The van der Waals surface area contributed by atoms with Crippen molar-refractivity contribution >= 4 is 85.4 Å². The first-order valence-corrected chi connectivity index (χ1v) is 24.8. The Morgan fingerprint density at radius 1 is 0.714 bits per heavy atom. The molecule has 0 saturated carbocycles. The van der Waals surface area contributed by atoms with Gasteiger partial charge in [0.15, 0.2) is 11.6 Å². The highest BCUT2D eigenvalue weighted by Gasteiger charge is 2.37. The molecule has 4 aromatic carbocycles. The number of rotatable bonds is 16. The smallest absolute Gasteiger partial charge is 0.397 e. The van der Waals surface area contributed by atoms with E-state index in [0.29, 0.717) is 12.0 Å². The van der Waals surface area contributed by atoms with Crippen molar-refractivity contribution in [1.82, 2.24) is 15.0 Å². The number of hydrogen-bond donors (Lipinski definition) is 8. The van der Waals surface area contributed by atoms with E-state index in [1.165, 1.54) is 77.5 Å². The van der Waals surface area contributed by atoms with Gasteiger partial charge in [0.25, 0.3) is 30.4 Å². The lowest BCUT2D eigenvalue weighted by Gasteiger charge is -2.26. The highest BCUT2D eigenvalue weighted by molar-refractivity contribution is 7.86. The molecule has 6 rings (SSSR count). The van der Waals surface area contributed by atoms with Gasteiger partial charge in [0.1, 0.15) is 15.6 Å². The van der Waals surface area contributed by atoms with Crippen LogP contribution >= 0.6 is 0 Å². The van der Waals surface area contributed by atoms with Crippen LogP contribution in [0.15, 0.2) is 69.3 Å². The molecular weight excluding hydrogens is 903 g/mol. The SMILES string of the molecule is CO[Si](O)(CCCNc1nc(Cc2cccc(S(=O)(=O)O)c2)nc(Nc2c(C)c(Nc3cc(S(=O)(=O)O)c(N)c4c3C(=O)c3ccccc3C4=O)c(C)c(S(=O)(=O)O)c2C)n1)OC. The molecule has 9 N–H and O–H groups in total. The molecule has 1 heterocycles. The van der Waals surface area contributed by atoms with Gasteiger partial charge in [-0.15, -0.1) is 0 Å². The van der Waals surface area contributed by atoms with Gasteiger partial charge < -0.3 is 35.3 Å². The van der Waals surface area contributed by atoms with Gasteiger partial charge in [-0.05, 0) is 67.6 Å². The summed E-state index contributed by atoms with van der Waals surface area (Å²) >= 11 is 0. The average Bonchev–Trinajstić information content (AvgIpc) is 3.20. The normalized spacial score (nSPS) is 13.1. The first-order chi connectivity index (χ1) is 29.4. The number of nitrogen functional groups attached to an aromatic ring is 1. The summed E-state index contributed by atoms with van der Waals surface area (Å²) in [6.07, 6.45) is 0.208. The minimum atomic E-state index is -5.14. The molecule has 0 unspecified atom stereocenters. The molecule has 5 aromatic rings. The fraction of sp³-hybridized carbons (Fsp3) is 0.237. The molecule has 21 nitrogen and oxygen atoms in total. The van der Waals surface area contributed by atoms with Gasteiger partial charge in [0.05, 0.1) is 33.1 Å². The minimum absolute atomic E-state index is 0.0180. The van der Waals surface area contributed by atoms with Crippen LogP contribution in [0.2, 0.25) is 6.04 Å². The number of aromatic nitrogens is 3. The number of nitrogens with zero attached hydrogens (tertiary/aromatic N) is 3. The minimum Gasteiger partial charge on any atom is -0.397 e. The second kappa shape index (κ2) is 17.4. The summed E-state index contributed by atoms with van der Waals surface area (Å²) in [5, 5.41) is 8.88. The Balaban J connectivity index is 1.50. The summed E-state index contributed by atoms with van der Waals surface area (Å²) in [5.74, 6) is -1.75. The molecule has 0 bridgehead atoms. The van der Waals surface area contributed by atoms with Crippen molar-refractivity contribution in [2.75, 3.05) is 42.4 Å². The van der Waals surface area contributed by atoms with Crippen LogP contribution < -0.4 is 21.7 Å². The molecule has 0 fully saturated rings. The van der Waals surface area contributed by atoms with E-state index in [1.54, 1.807) is 6.07 Å². The standard InChI is InChI=1S/C38H41N7O14S3Si/c1-19-32(41-26-18-27(61(51,52)53)31(39)30-29(26)34(46)24-12-6-7-13-25(24)35(30)47)20(2)36(62(54,55)56)21(3)33(19)44-38-43-28(17-22-10-8-11-23(16-22)60(48,49)50)42-37(45-38)40-14-9-15-63(57,58-4)59-5/h6-8,10-13,16,18,41,57H,9,14-15,17,39H2,1-5H3,(H,48,49,50)(H,51,52,53)(H,54,55,56)(H2,40,42,43,44,45). The zero-order chi connectivity index (χ0) is 46.4. The number of anilines is 6. The van der Waals surface area contributed by atoms with Gasteiger partial charge in [-0.3, -0.25) is 23.2 Å². The summed E-state index contributed by atoms with van der Waals surface area (Å²) in [7, 11) is -15.6. The van der Waals surface area contributed by atoms with E-state index < -0.39 is 71.8 Å². The van der Waals surface area contributed by atoms with Crippen molar-refractivity contribution in [1.29, 1.82) is 0 Å². The Morgan fingerprint density at radius 3 is 1.87 bits per heavy atom. The number of carbonyl (C=O) groups excluding carboxylic acids is 2. The lowest BCUT2D eigenvalue weighted by Crippen LogP contribution is -2.40. The van der Waals surface area contributed by atoms with Gasteiger partial charge in [0.2, 0.25) is 11.9 Å². The number of nitrogens with two attached hydrogens (primary N) is 1. The number of fused-ring (bicyclic) bond motifs is 2. The molecule has 0 amide bonds. The molecule has 63 heavy (non-hydrogen) atoms.